The zero-order valence-electron chi connectivity index (χ0n) is 12.2. The van der Waals surface area contributed by atoms with Gasteiger partial charge in [0.15, 0.2) is 11.5 Å². The molecule has 0 spiro atoms. The molecule has 0 fully saturated rings. The van der Waals surface area contributed by atoms with Crippen molar-refractivity contribution in [1.29, 1.82) is 0 Å². The lowest BCUT2D eigenvalue weighted by Gasteiger charge is -2.10. The van der Waals surface area contributed by atoms with E-state index in [0.717, 1.165) is 18.2 Å². The Labute approximate surface area is 131 Å². The van der Waals surface area contributed by atoms with Gasteiger partial charge in [-0.1, -0.05) is 6.07 Å². The van der Waals surface area contributed by atoms with E-state index >= 15 is 0 Å². The average Bonchev–Trinajstić information content (AvgIpc) is 2.54. The second kappa shape index (κ2) is 7.22. The number of aliphatic carboxylic acids is 1. The summed E-state index contributed by atoms with van der Waals surface area (Å²) in [5.41, 5.74) is 0.772. The molecule has 6 heteroatoms. The highest BCUT2D eigenvalue weighted by molar-refractivity contribution is 5.91. The Morgan fingerprint density at radius 1 is 1.09 bits per heavy atom. The Morgan fingerprint density at radius 2 is 1.78 bits per heavy atom. The van der Waals surface area contributed by atoms with Crippen LogP contribution >= 0.6 is 0 Å². The summed E-state index contributed by atoms with van der Waals surface area (Å²) in [6.07, 6.45) is 2.37. The molecule has 2 rings (SSSR count). The van der Waals surface area contributed by atoms with Crippen molar-refractivity contribution in [2.45, 2.75) is 0 Å². The summed E-state index contributed by atoms with van der Waals surface area (Å²) in [6, 6.07) is 9.55. The summed E-state index contributed by atoms with van der Waals surface area (Å²) in [4.78, 5) is 22.5. The van der Waals surface area contributed by atoms with E-state index in [0.29, 0.717) is 5.56 Å². The van der Waals surface area contributed by atoms with Crippen molar-refractivity contribution in [3.8, 4) is 11.5 Å². The van der Waals surface area contributed by atoms with Crippen molar-refractivity contribution in [3.05, 3.63) is 65.5 Å². The molecule has 5 nitrogen and oxygen atoms in total. The highest BCUT2D eigenvalue weighted by atomic mass is 19.1. The Hall–Kier alpha value is -3.15. The van der Waals surface area contributed by atoms with Gasteiger partial charge in [-0.25, -0.2) is 14.0 Å². The zero-order valence-corrected chi connectivity index (χ0v) is 12.2. The number of carboxylic acids is 1. The number of hydrogen-bond acceptors (Lipinski definition) is 4. The fraction of sp³-hybridized carbons (Fsp3) is 0.0588. The van der Waals surface area contributed by atoms with Gasteiger partial charge in [0.25, 0.3) is 0 Å². The Morgan fingerprint density at radius 3 is 2.39 bits per heavy atom. The SMILES string of the molecule is COc1cc(C=CC(=O)O)ccc1OC(=O)c1ccc(F)cc1. The first-order chi connectivity index (χ1) is 11.0. The number of hydrogen-bond donors (Lipinski definition) is 1. The first-order valence-corrected chi connectivity index (χ1v) is 6.56. The molecule has 0 amide bonds. The van der Waals surface area contributed by atoms with Crippen LogP contribution < -0.4 is 9.47 Å². The van der Waals surface area contributed by atoms with Gasteiger partial charge in [-0.15, -0.1) is 0 Å². The quantitative estimate of drug-likeness (QED) is 0.521. The minimum absolute atomic E-state index is 0.175. The molecule has 2 aromatic carbocycles. The van der Waals surface area contributed by atoms with Gasteiger partial charge in [-0.05, 0) is 48.0 Å². The molecule has 1 N–H and O–H groups in total. The molecule has 0 heterocycles. The number of carbonyl (C=O) groups is 2. The van der Waals surface area contributed by atoms with Crippen LogP contribution in [0.2, 0.25) is 0 Å². The zero-order chi connectivity index (χ0) is 16.8. The molecule has 0 bridgehead atoms. The summed E-state index contributed by atoms with van der Waals surface area (Å²) >= 11 is 0. The molecule has 0 aliphatic heterocycles. The van der Waals surface area contributed by atoms with Crippen LogP contribution in [0.4, 0.5) is 4.39 Å². The van der Waals surface area contributed by atoms with Gasteiger partial charge in [0.05, 0.1) is 12.7 Å². The molecule has 0 radical (unpaired) electrons. The smallest absolute Gasteiger partial charge is 0.343 e. The van der Waals surface area contributed by atoms with Gasteiger partial charge in [0.1, 0.15) is 5.82 Å². The lowest BCUT2D eigenvalue weighted by atomic mass is 10.2. The summed E-state index contributed by atoms with van der Waals surface area (Å²) in [6.45, 7) is 0. The van der Waals surface area contributed by atoms with Crippen LogP contribution in [0.1, 0.15) is 15.9 Å². The van der Waals surface area contributed by atoms with E-state index in [1.54, 1.807) is 6.07 Å². The molecular formula is C17H13FO5. The third-order valence-electron chi connectivity index (χ3n) is 2.89. The summed E-state index contributed by atoms with van der Waals surface area (Å²) in [5, 5.41) is 8.61. The highest BCUT2D eigenvalue weighted by Crippen LogP contribution is 2.29. The van der Waals surface area contributed by atoms with Crippen molar-refractivity contribution < 1.29 is 28.6 Å². The van der Waals surface area contributed by atoms with E-state index in [1.807, 2.05) is 0 Å². The van der Waals surface area contributed by atoms with E-state index in [4.69, 9.17) is 14.6 Å². The van der Waals surface area contributed by atoms with Crippen molar-refractivity contribution in [2.24, 2.45) is 0 Å². The average molecular weight is 316 g/mol. The summed E-state index contributed by atoms with van der Waals surface area (Å²) < 4.78 is 23.2. The van der Waals surface area contributed by atoms with Crippen LogP contribution in [0, 0.1) is 5.82 Å². The minimum Gasteiger partial charge on any atom is -0.493 e. The van der Waals surface area contributed by atoms with E-state index in [9.17, 15) is 14.0 Å². The van der Waals surface area contributed by atoms with E-state index in [-0.39, 0.29) is 17.1 Å². The van der Waals surface area contributed by atoms with Crippen LogP contribution in [-0.2, 0) is 4.79 Å². The van der Waals surface area contributed by atoms with Gasteiger partial charge >= 0.3 is 11.9 Å². The monoisotopic (exact) mass is 316 g/mol. The van der Waals surface area contributed by atoms with Gasteiger partial charge in [-0.3, -0.25) is 0 Å². The van der Waals surface area contributed by atoms with Gasteiger partial charge in [0, 0.05) is 6.08 Å². The molecule has 0 unspecified atom stereocenters. The maximum absolute atomic E-state index is 12.8. The van der Waals surface area contributed by atoms with Crippen LogP contribution in [0.25, 0.3) is 6.08 Å². The fourth-order valence-corrected chi connectivity index (χ4v) is 1.78. The number of halogens is 1. The highest BCUT2D eigenvalue weighted by Gasteiger charge is 2.12. The van der Waals surface area contributed by atoms with E-state index < -0.39 is 17.8 Å². The van der Waals surface area contributed by atoms with Crippen molar-refractivity contribution in [2.75, 3.05) is 7.11 Å². The normalized spacial score (nSPS) is 10.5. The van der Waals surface area contributed by atoms with Crippen LogP contribution in [-0.4, -0.2) is 24.2 Å². The van der Waals surface area contributed by atoms with Gasteiger partial charge in [0.2, 0.25) is 0 Å². The predicted molar refractivity (Wildman–Crippen MR) is 81.0 cm³/mol. The van der Waals surface area contributed by atoms with Crippen LogP contribution in [0.3, 0.4) is 0 Å². The van der Waals surface area contributed by atoms with Crippen LogP contribution in [0.15, 0.2) is 48.5 Å². The second-order valence-corrected chi connectivity index (χ2v) is 4.48. The van der Waals surface area contributed by atoms with E-state index in [1.165, 1.54) is 37.5 Å². The third kappa shape index (κ3) is 4.41. The van der Waals surface area contributed by atoms with E-state index in [2.05, 4.69) is 0 Å². The molecule has 0 atom stereocenters. The summed E-state index contributed by atoms with van der Waals surface area (Å²) in [7, 11) is 1.40. The Kier molecular flexibility index (Phi) is 5.09. The number of esters is 1. The molecular weight excluding hydrogens is 303 g/mol. The second-order valence-electron chi connectivity index (χ2n) is 4.48. The first-order valence-electron chi connectivity index (χ1n) is 6.56. The number of benzene rings is 2. The molecule has 118 valence electrons. The lowest BCUT2D eigenvalue weighted by molar-refractivity contribution is -0.131. The van der Waals surface area contributed by atoms with Crippen molar-refractivity contribution in [1.82, 2.24) is 0 Å². The largest absolute Gasteiger partial charge is 0.493 e. The molecule has 0 saturated carbocycles. The lowest BCUT2D eigenvalue weighted by Crippen LogP contribution is -2.09. The topological polar surface area (TPSA) is 72.8 Å². The molecule has 0 aliphatic rings. The molecule has 23 heavy (non-hydrogen) atoms. The maximum Gasteiger partial charge on any atom is 0.343 e. The third-order valence-corrected chi connectivity index (χ3v) is 2.89. The van der Waals surface area contributed by atoms with Gasteiger partial charge < -0.3 is 14.6 Å². The number of carboxylic acid groups (broad SMARTS) is 1. The Bertz CT molecular complexity index is 750. The first kappa shape index (κ1) is 16.2. The van der Waals surface area contributed by atoms with Crippen molar-refractivity contribution in [3.63, 3.8) is 0 Å². The fourth-order valence-electron chi connectivity index (χ4n) is 1.78. The van der Waals surface area contributed by atoms with Crippen LogP contribution in [0.5, 0.6) is 11.5 Å². The molecule has 0 aromatic heterocycles. The summed E-state index contributed by atoms with van der Waals surface area (Å²) in [5.74, 6) is -1.73. The number of methoxy groups -OCH3 is 1. The number of rotatable bonds is 5. The molecule has 2 aromatic rings. The predicted octanol–water partition coefficient (Wildman–Crippen LogP) is 3.15. The van der Waals surface area contributed by atoms with Crippen molar-refractivity contribution >= 4 is 18.0 Å². The Balaban J connectivity index is 2.20. The molecule has 0 saturated heterocycles. The van der Waals surface area contributed by atoms with Gasteiger partial charge in [-0.2, -0.15) is 0 Å². The number of ether oxygens (including phenoxy) is 2. The minimum atomic E-state index is -1.07. The standard InChI is InChI=1S/C17H13FO5/c1-22-15-10-11(3-9-16(19)20)2-8-14(15)23-17(21)12-4-6-13(18)7-5-12/h2-10H,1H3,(H,19,20). The number of carbonyl (C=O) groups excluding carboxylic acids is 1. The molecule has 0 aliphatic carbocycles. The maximum atomic E-state index is 12.8.